The Morgan fingerprint density at radius 1 is 1.25 bits per heavy atom. The summed E-state index contributed by atoms with van der Waals surface area (Å²) in [6, 6.07) is 5.57. The summed E-state index contributed by atoms with van der Waals surface area (Å²) < 4.78 is 0. The van der Waals surface area contributed by atoms with Crippen LogP contribution in [-0.4, -0.2) is 29.9 Å². The summed E-state index contributed by atoms with van der Waals surface area (Å²) in [7, 11) is 0. The van der Waals surface area contributed by atoms with Gasteiger partial charge in [-0.25, -0.2) is 0 Å². The molecule has 0 bridgehead atoms. The Morgan fingerprint density at radius 3 is 2.50 bits per heavy atom. The van der Waals surface area contributed by atoms with E-state index in [9.17, 15) is 4.79 Å². The molecule has 0 saturated carbocycles. The highest BCUT2D eigenvalue weighted by Crippen LogP contribution is 2.18. The standard InChI is InChI=1S/C16H25N3O/c1-12-7-8-14(11-15(12)17)18-16(20)13(2)19-9-5-3-4-6-10-19/h7-8,11,13H,3-6,9-10,17H2,1-2H3,(H,18,20). The zero-order chi connectivity index (χ0) is 14.5. The molecule has 4 nitrogen and oxygen atoms in total. The Balaban J connectivity index is 1.97. The third kappa shape index (κ3) is 3.73. The van der Waals surface area contributed by atoms with Crippen molar-refractivity contribution in [2.45, 2.75) is 45.6 Å². The molecule has 0 radical (unpaired) electrons. The average molecular weight is 275 g/mol. The van der Waals surface area contributed by atoms with E-state index in [0.29, 0.717) is 5.69 Å². The van der Waals surface area contributed by atoms with Crippen molar-refractivity contribution >= 4 is 17.3 Å². The van der Waals surface area contributed by atoms with E-state index in [1.165, 1.54) is 25.7 Å². The number of nitrogen functional groups attached to an aromatic ring is 1. The van der Waals surface area contributed by atoms with Crippen LogP contribution in [0.1, 0.15) is 38.2 Å². The van der Waals surface area contributed by atoms with Gasteiger partial charge < -0.3 is 11.1 Å². The van der Waals surface area contributed by atoms with Crippen molar-refractivity contribution in [1.82, 2.24) is 4.90 Å². The molecule has 110 valence electrons. The molecule has 20 heavy (non-hydrogen) atoms. The maximum absolute atomic E-state index is 12.3. The molecule has 0 aliphatic carbocycles. The first kappa shape index (κ1) is 14.9. The van der Waals surface area contributed by atoms with Gasteiger partial charge in [0.05, 0.1) is 6.04 Å². The lowest BCUT2D eigenvalue weighted by Crippen LogP contribution is -2.42. The van der Waals surface area contributed by atoms with Gasteiger partial charge in [-0.05, 0) is 57.5 Å². The van der Waals surface area contributed by atoms with E-state index < -0.39 is 0 Å². The lowest BCUT2D eigenvalue weighted by Gasteiger charge is -2.26. The molecule has 4 heteroatoms. The Morgan fingerprint density at radius 2 is 1.90 bits per heavy atom. The number of nitrogens with one attached hydrogen (secondary N) is 1. The number of likely N-dealkylation sites (tertiary alicyclic amines) is 1. The molecule has 1 aliphatic heterocycles. The van der Waals surface area contributed by atoms with Crippen LogP contribution in [0.3, 0.4) is 0 Å². The fraction of sp³-hybridized carbons (Fsp3) is 0.562. The first-order chi connectivity index (χ1) is 9.58. The van der Waals surface area contributed by atoms with E-state index >= 15 is 0 Å². The lowest BCUT2D eigenvalue weighted by atomic mass is 10.1. The number of aryl methyl sites for hydroxylation is 1. The van der Waals surface area contributed by atoms with E-state index in [1.807, 2.05) is 32.0 Å². The fourth-order valence-corrected chi connectivity index (χ4v) is 2.61. The summed E-state index contributed by atoms with van der Waals surface area (Å²) >= 11 is 0. The number of carbonyl (C=O) groups excluding carboxylic acids is 1. The van der Waals surface area contributed by atoms with Gasteiger partial charge in [-0.3, -0.25) is 9.69 Å². The van der Waals surface area contributed by atoms with Gasteiger partial charge in [-0.1, -0.05) is 18.9 Å². The van der Waals surface area contributed by atoms with Crippen LogP contribution in [0, 0.1) is 6.92 Å². The van der Waals surface area contributed by atoms with Gasteiger partial charge in [-0.15, -0.1) is 0 Å². The lowest BCUT2D eigenvalue weighted by molar-refractivity contribution is -0.120. The molecule has 1 aromatic rings. The Labute approximate surface area is 121 Å². The van der Waals surface area contributed by atoms with Gasteiger partial charge in [-0.2, -0.15) is 0 Å². The molecular weight excluding hydrogens is 250 g/mol. The summed E-state index contributed by atoms with van der Waals surface area (Å²) in [4.78, 5) is 14.6. The Kier molecular flexibility index (Phi) is 5.01. The predicted molar refractivity (Wildman–Crippen MR) is 83.7 cm³/mol. The van der Waals surface area contributed by atoms with Crippen molar-refractivity contribution in [3.8, 4) is 0 Å². The van der Waals surface area contributed by atoms with Crippen molar-refractivity contribution in [3.05, 3.63) is 23.8 Å². The maximum atomic E-state index is 12.3. The van der Waals surface area contributed by atoms with Crippen molar-refractivity contribution in [1.29, 1.82) is 0 Å². The van der Waals surface area contributed by atoms with Crippen molar-refractivity contribution < 1.29 is 4.79 Å². The molecule has 1 amide bonds. The van der Waals surface area contributed by atoms with Gasteiger partial charge in [0.15, 0.2) is 0 Å². The number of hydrogen-bond acceptors (Lipinski definition) is 3. The van der Waals surface area contributed by atoms with Crippen molar-refractivity contribution in [2.24, 2.45) is 0 Å². The van der Waals surface area contributed by atoms with Crippen LogP contribution >= 0.6 is 0 Å². The third-order valence-corrected chi connectivity index (χ3v) is 4.11. The minimum Gasteiger partial charge on any atom is -0.398 e. The number of amides is 1. The molecular formula is C16H25N3O. The quantitative estimate of drug-likeness (QED) is 0.834. The molecule has 1 fully saturated rings. The van der Waals surface area contributed by atoms with Crippen molar-refractivity contribution in [2.75, 3.05) is 24.1 Å². The normalized spacial score (nSPS) is 18.3. The number of anilines is 2. The molecule has 3 N–H and O–H groups in total. The van der Waals surface area contributed by atoms with Gasteiger partial charge >= 0.3 is 0 Å². The van der Waals surface area contributed by atoms with Crippen LogP contribution < -0.4 is 11.1 Å². The van der Waals surface area contributed by atoms with Gasteiger partial charge in [0.1, 0.15) is 0 Å². The molecule has 1 atom stereocenters. The minimum atomic E-state index is -0.0874. The summed E-state index contributed by atoms with van der Waals surface area (Å²) in [5.74, 6) is 0.0511. The predicted octanol–water partition coefficient (Wildman–Crippen LogP) is 2.78. The fourth-order valence-electron chi connectivity index (χ4n) is 2.61. The van der Waals surface area contributed by atoms with E-state index in [2.05, 4.69) is 10.2 Å². The number of nitrogens with zero attached hydrogens (tertiary/aromatic N) is 1. The zero-order valence-electron chi connectivity index (χ0n) is 12.5. The first-order valence-corrected chi connectivity index (χ1v) is 7.49. The highest BCUT2D eigenvalue weighted by Gasteiger charge is 2.22. The Bertz CT molecular complexity index is 465. The highest BCUT2D eigenvalue weighted by molar-refractivity contribution is 5.95. The van der Waals surface area contributed by atoms with E-state index in [1.54, 1.807) is 0 Å². The summed E-state index contributed by atoms with van der Waals surface area (Å²) in [5.41, 5.74) is 8.40. The average Bonchev–Trinajstić information content (AvgIpc) is 2.71. The SMILES string of the molecule is Cc1ccc(NC(=O)C(C)N2CCCCCC2)cc1N. The second kappa shape index (κ2) is 6.75. The summed E-state index contributed by atoms with van der Waals surface area (Å²) in [6.07, 6.45) is 4.93. The number of nitrogens with two attached hydrogens (primary N) is 1. The van der Waals surface area contributed by atoms with E-state index in [0.717, 1.165) is 24.3 Å². The largest absolute Gasteiger partial charge is 0.398 e. The third-order valence-electron chi connectivity index (χ3n) is 4.11. The summed E-state index contributed by atoms with van der Waals surface area (Å²) in [5, 5.41) is 2.97. The van der Waals surface area contributed by atoms with Gasteiger partial charge in [0.2, 0.25) is 5.91 Å². The molecule has 2 rings (SSSR count). The molecule has 1 aliphatic rings. The minimum absolute atomic E-state index is 0.0511. The first-order valence-electron chi connectivity index (χ1n) is 7.49. The maximum Gasteiger partial charge on any atom is 0.241 e. The molecule has 0 spiro atoms. The van der Waals surface area contributed by atoms with Crippen LogP contribution in [-0.2, 0) is 4.79 Å². The van der Waals surface area contributed by atoms with Crippen LogP contribution in [0.25, 0.3) is 0 Å². The highest BCUT2D eigenvalue weighted by atomic mass is 16.2. The number of rotatable bonds is 3. The number of benzene rings is 1. The van der Waals surface area contributed by atoms with Crippen LogP contribution in [0.5, 0.6) is 0 Å². The monoisotopic (exact) mass is 275 g/mol. The topological polar surface area (TPSA) is 58.4 Å². The second-order valence-electron chi connectivity index (χ2n) is 5.69. The van der Waals surface area contributed by atoms with Crippen LogP contribution in [0.2, 0.25) is 0 Å². The molecule has 1 heterocycles. The van der Waals surface area contributed by atoms with Gasteiger partial charge in [0.25, 0.3) is 0 Å². The number of hydrogen-bond donors (Lipinski definition) is 2. The zero-order valence-corrected chi connectivity index (χ0v) is 12.5. The second-order valence-corrected chi connectivity index (χ2v) is 5.69. The molecule has 1 aromatic carbocycles. The van der Waals surface area contributed by atoms with Gasteiger partial charge in [0, 0.05) is 11.4 Å². The molecule has 0 aromatic heterocycles. The molecule has 1 saturated heterocycles. The molecule has 1 unspecified atom stereocenters. The van der Waals surface area contributed by atoms with E-state index in [-0.39, 0.29) is 11.9 Å². The summed E-state index contributed by atoms with van der Waals surface area (Å²) in [6.45, 7) is 5.98. The number of carbonyl (C=O) groups is 1. The van der Waals surface area contributed by atoms with Crippen LogP contribution in [0.15, 0.2) is 18.2 Å². The Hall–Kier alpha value is -1.55. The van der Waals surface area contributed by atoms with Crippen LogP contribution in [0.4, 0.5) is 11.4 Å². The smallest absolute Gasteiger partial charge is 0.241 e. The van der Waals surface area contributed by atoms with Crippen molar-refractivity contribution in [3.63, 3.8) is 0 Å². The van der Waals surface area contributed by atoms with E-state index in [4.69, 9.17) is 5.73 Å².